The number of thiazole rings is 5. The normalized spacial score (nSPS) is 16.2. The highest BCUT2D eigenvalue weighted by Crippen LogP contribution is 2.52. The van der Waals surface area contributed by atoms with Crippen LogP contribution in [0.2, 0.25) is 0 Å². The van der Waals surface area contributed by atoms with Crippen LogP contribution in [0.1, 0.15) is 202 Å². The molecule has 0 radical (unpaired) electrons. The molecule has 5 atom stereocenters. The van der Waals surface area contributed by atoms with E-state index in [-0.39, 0.29) is 30.4 Å². The van der Waals surface area contributed by atoms with E-state index in [1.165, 1.54) is 94.4 Å². The van der Waals surface area contributed by atoms with Gasteiger partial charge in [-0.15, -0.1) is 56.7 Å². The third kappa shape index (κ3) is 30.7. The smallest absolute Gasteiger partial charge is 0.430 e. The Morgan fingerprint density at radius 3 is 1.31 bits per heavy atom. The molecular weight excluding hydrogens is 1660 g/mol. The number of aryl methyl sites for hydroxylation is 5. The first-order chi connectivity index (χ1) is 55.9. The lowest BCUT2D eigenvalue weighted by Gasteiger charge is -2.20. The number of fused-ring (bicyclic) bond motifs is 4. The van der Waals surface area contributed by atoms with Crippen LogP contribution in [0.15, 0.2) is 143 Å². The van der Waals surface area contributed by atoms with E-state index in [0.717, 1.165) is 134 Å². The SMILES string of the molecule is COCc1ccccc1-c1ccc(C#Cc2csc(C)n2)c[nH+]1.Cc1nc(C#Cc2ccc(C3CC4CCC3C4)[nH+]c2)cs1.Cc1nc(C#Cc2ccc(C3CCCC3)nc2)cs1.Cc1nc(C#Cc2ccc(N3CC4CCC3C4)[nH+]c2)cs1.Cc1nc(C#Cc2ccc(NC(C)(C)C)[nH+]c2)cs1.O=C([O-])C(F)(F)F.O=C([O-])C(F)(F)F.[Cl-].[Cl-]. The molecule has 0 amide bonds. The van der Waals surface area contributed by atoms with Crippen LogP contribution in [0.4, 0.5) is 38.0 Å². The first kappa shape index (κ1) is 94.1. The van der Waals surface area contributed by atoms with Crippen LogP contribution in [-0.2, 0) is 20.9 Å². The van der Waals surface area contributed by atoms with Crippen molar-refractivity contribution in [2.24, 2.45) is 17.8 Å². The maximum Gasteiger partial charge on any atom is 0.430 e. The number of ether oxygens (including phenoxy) is 1. The maximum absolute atomic E-state index is 10.5. The number of rotatable bonds is 7. The number of methoxy groups -OCH3 is 1. The highest BCUT2D eigenvalue weighted by atomic mass is 35.5. The Hall–Kier alpha value is -10.4. The number of anilines is 2. The minimum atomic E-state index is -5.19. The molecule has 30 heteroatoms. The van der Waals surface area contributed by atoms with Gasteiger partial charge in [0.1, 0.15) is 52.8 Å². The first-order valence-electron chi connectivity index (χ1n) is 37.9. The van der Waals surface area contributed by atoms with E-state index >= 15 is 0 Å². The van der Waals surface area contributed by atoms with E-state index in [0.29, 0.717) is 12.5 Å². The number of aliphatic carboxylic acids is 2. The molecule has 1 aromatic carbocycles. The molecule has 17 nitrogen and oxygen atoms in total. The van der Waals surface area contributed by atoms with Gasteiger partial charge < -0.3 is 49.4 Å². The second kappa shape index (κ2) is 45.1. The summed E-state index contributed by atoms with van der Waals surface area (Å²) in [6.07, 6.45) is 14.5. The number of piperidine rings is 1. The van der Waals surface area contributed by atoms with Crippen LogP contribution in [0.3, 0.4) is 0 Å². The van der Waals surface area contributed by atoms with Gasteiger partial charge in [-0.3, -0.25) is 15.2 Å². The number of alkyl halides is 6. The van der Waals surface area contributed by atoms with Crippen molar-refractivity contribution in [2.75, 3.05) is 23.9 Å². The number of H-pyrrole nitrogens is 4. The molecule has 119 heavy (non-hydrogen) atoms. The number of carbonyl (C=O) groups is 2. The third-order valence-electron chi connectivity index (χ3n) is 19.0. The van der Waals surface area contributed by atoms with Crippen molar-refractivity contribution in [2.45, 2.75) is 168 Å². The van der Waals surface area contributed by atoms with E-state index in [4.69, 9.17) is 24.5 Å². The Bertz CT molecular complexity index is 5310. The van der Waals surface area contributed by atoms with E-state index in [9.17, 15) is 26.3 Å². The molecule has 5 unspecified atom stereocenters. The summed E-state index contributed by atoms with van der Waals surface area (Å²) in [6.45, 7) is 18.1. The van der Waals surface area contributed by atoms with Gasteiger partial charge in [-0.25, -0.2) is 44.9 Å². The van der Waals surface area contributed by atoms with Gasteiger partial charge in [-0.05, 0) is 196 Å². The van der Waals surface area contributed by atoms with Gasteiger partial charge >= 0.3 is 12.4 Å². The topological polar surface area (TPSA) is 239 Å². The number of carboxylic acid groups (broad SMARTS) is 2. The lowest BCUT2D eigenvalue weighted by molar-refractivity contribution is -0.394. The number of carbonyl (C=O) groups excluding carboxylic acids is 2. The maximum atomic E-state index is 10.5. The lowest BCUT2D eigenvalue weighted by atomic mass is 9.86. The van der Waals surface area contributed by atoms with Crippen molar-refractivity contribution >= 4 is 80.3 Å². The number of nitrogens with zero attached hydrogens (tertiary/aromatic N) is 7. The molecule has 11 aromatic rings. The molecule has 5 N–H and O–H groups in total. The van der Waals surface area contributed by atoms with Crippen molar-refractivity contribution in [3.8, 4) is 70.5 Å². The number of aromatic nitrogens is 10. The summed E-state index contributed by atoms with van der Waals surface area (Å²) in [5, 5.41) is 36.1. The van der Waals surface area contributed by atoms with Gasteiger partial charge in [0.25, 0.3) is 11.6 Å². The fraction of sp³-hybridized carbons (Fsp3) is 0.348. The van der Waals surface area contributed by atoms with Crippen LogP contribution in [0, 0.1) is 112 Å². The molecule has 10 aromatic heterocycles. The molecular formula is C89H88Cl2F6N12O5S5. The quantitative estimate of drug-likeness (QED) is 0.116. The van der Waals surface area contributed by atoms with E-state index in [1.54, 1.807) is 63.8 Å². The molecule has 4 saturated carbocycles. The van der Waals surface area contributed by atoms with Crippen molar-refractivity contribution in [1.29, 1.82) is 0 Å². The van der Waals surface area contributed by atoms with E-state index in [2.05, 4.69) is 189 Å². The van der Waals surface area contributed by atoms with E-state index in [1.807, 2.05) is 129 Å². The summed E-state index contributed by atoms with van der Waals surface area (Å²) in [5.41, 5.74) is 15.1. The molecule has 4 aliphatic carbocycles. The molecule has 620 valence electrons. The number of hydrogen-bond donors (Lipinski definition) is 1. The number of pyridine rings is 5. The van der Waals surface area contributed by atoms with Crippen LogP contribution in [0.25, 0.3) is 11.3 Å². The molecule has 5 fully saturated rings. The predicted octanol–water partition coefficient (Wildman–Crippen LogP) is 9.09. The lowest BCUT2D eigenvalue weighted by Crippen LogP contribution is -3.00. The Balaban J connectivity index is 0.000000177. The second-order valence-electron chi connectivity index (χ2n) is 29.2. The van der Waals surface area contributed by atoms with Crippen molar-refractivity contribution in [1.82, 2.24) is 29.9 Å². The Labute approximate surface area is 722 Å². The molecule has 1 saturated heterocycles. The molecule has 0 spiro atoms. The number of nitrogens with one attached hydrogen (secondary N) is 5. The fourth-order valence-corrected chi connectivity index (χ4v) is 16.4. The molecule has 11 heterocycles. The van der Waals surface area contributed by atoms with E-state index < -0.39 is 24.3 Å². The minimum Gasteiger partial charge on any atom is -1.00 e. The zero-order valence-electron chi connectivity index (χ0n) is 66.7. The van der Waals surface area contributed by atoms with Gasteiger partial charge in [0, 0.05) is 93.5 Å². The van der Waals surface area contributed by atoms with Gasteiger partial charge in [0.2, 0.25) is 5.69 Å². The summed E-state index contributed by atoms with van der Waals surface area (Å²) in [5.74, 6) is 31.6. The Morgan fingerprint density at radius 2 is 0.958 bits per heavy atom. The van der Waals surface area contributed by atoms with Gasteiger partial charge in [0.05, 0.1) is 77.6 Å². The summed E-state index contributed by atoms with van der Waals surface area (Å²) in [7, 11) is 1.71. The largest absolute Gasteiger partial charge is 1.00 e. The first-order valence-corrected chi connectivity index (χ1v) is 42.3. The average molecular weight is 1750 g/mol. The zero-order chi connectivity index (χ0) is 83.7. The number of benzene rings is 1. The second-order valence-corrected chi connectivity index (χ2v) is 34.6. The third-order valence-corrected chi connectivity index (χ3v) is 22.9. The standard InChI is InChI=1S/C19H16N2OS.C18H18N2S.C17H17N3S.C16H16N2S.C15H17N3S.2C2HF3O2.2ClH/c1-14-21-17(13-23-14)9-7-15-8-10-19(20-11-15)18-6-4-3-5-16(18)12-22-2;1-12-20-16(11-21-12)6-3-13-4-7-18(19-10-13)17-9-14-2-5-15(17)8-14;1-12-19-15(11-21-12)5-2-13-4-7-17(18-9-13)20-10-14-3-6-16(20)8-14;1-12-18-15(11-19-12)8-6-13-7-9-16(17-10-13)14-4-2-3-5-14;1-11-17-13(10-19-11)7-5-12-6-8-14(16-9-12)18-15(2,3)4;2*3-2(4,5)1(6)7;;/h3-6,8,10-11,13H,12H2,1-2H3;4,7,10-11,14-15,17H,2,5,8-9H2,1H3;4,7,9,11,14,16H,3,6,8,10H2,1H3;7,9-11,14H,2-5H2,1H3;6,8-10H,1-4H3,(H,16,18);2*(H,6,7);2*1H. The molecule has 1 aliphatic heterocycles. The summed E-state index contributed by atoms with van der Waals surface area (Å²) in [4.78, 5) is 59.8. The van der Waals surface area contributed by atoms with Crippen LogP contribution in [-0.4, -0.2) is 79.4 Å². The average Bonchev–Trinajstić information content (AvgIpc) is 1.64. The van der Waals surface area contributed by atoms with Crippen LogP contribution < -0.4 is 65.2 Å². The number of carboxylic acids is 2. The van der Waals surface area contributed by atoms with Gasteiger partial charge in [0.15, 0.2) is 18.1 Å². The molecule has 4 bridgehead atoms. The monoisotopic (exact) mass is 1750 g/mol. The molecule has 16 rings (SSSR count). The minimum absolute atomic E-state index is 0. The summed E-state index contributed by atoms with van der Waals surface area (Å²) >= 11 is 8.14. The number of halogens is 8. The van der Waals surface area contributed by atoms with Crippen molar-refractivity contribution in [3.63, 3.8) is 0 Å². The summed E-state index contributed by atoms with van der Waals surface area (Å²) < 4.78 is 68.4. The van der Waals surface area contributed by atoms with Gasteiger partial charge in [-0.1, -0.05) is 67.1 Å². The van der Waals surface area contributed by atoms with Crippen molar-refractivity contribution in [3.05, 3.63) is 241 Å². The van der Waals surface area contributed by atoms with Crippen LogP contribution >= 0.6 is 56.7 Å². The highest BCUT2D eigenvalue weighted by Gasteiger charge is 2.44. The van der Waals surface area contributed by atoms with Crippen LogP contribution in [0.5, 0.6) is 0 Å². The Kier molecular flexibility index (Phi) is 35.7. The predicted molar refractivity (Wildman–Crippen MR) is 440 cm³/mol. The number of hydrogen-bond acceptors (Lipinski definition) is 18. The van der Waals surface area contributed by atoms with Gasteiger partial charge in [-0.2, -0.15) is 26.3 Å². The molecule has 5 aliphatic rings. The van der Waals surface area contributed by atoms with Crippen molar-refractivity contribution < 1.29 is 95.6 Å². The fourth-order valence-electron chi connectivity index (χ4n) is 13.7. The summed E-state index contributed by atoms with van der Waals surface area (Å²) in [6, 6.07) is 29.9. The highest BCUT2D eigenvalue weighted by molar-refractivity contribution is 7.10. The Morgan fingerprint density at radius 1 is 0.513 bits per heavy atom. The number of aromatic amines is 4. The zero-order valence-corrected chi connectivity index (χ0v) is 72.3.